The third-order valence-corrected chi connectivity index (χ3v) is 4.22. The fraction of sp³-hybridized carbons (Fsp3) is 0.467. The number of benzene rings is 1. The number of hydrogen-bond acceptors (Lipinski definition) is 2. The maximum Gasteiger partial charge on any atom is 0.321 e. The van der Waals surface area contributed by atoms with E-state index in [-0.39, 0.29) is 18.4 Å². The van der Waals surface area contributed by atoms with Crippen molar-refractivity contribution in [3.8, 4) is 0 Å². The zero-order valence-electron chi connectivity index (χ0n) is 11.9. The Bertz CT molecular complexity index is 548. The van der Waals surface area contributed by atoms with E-state index in [1.54, 1.807) is 4.90 Å². The number of carboxylic acids is 1. The van der Waals surface area contributed by atoms with Gasteiger partial charge in [0.2, 0.25) is 0 Å². The monoisotopic (exact) mass is 354 g/mol. The van der Waals surface area contributed by atoms with Crippen molar-refractivity contribution in [1.82, 2.24) is 4.90 Å². The Hall–Kier alpha value is -1.56. The number of halogens is 1. The third-order valence-electron chi connectivity index (χ3n) is 3.73. The number of carbonyl (C=O) groups is 2. The number of aryl methyl sites for hydroxylation is 1. The van der Waals surface area contributed by atoms with Crippen LogP contribution in [0.2, 0.25) is 0 Å². The highest BCUT2D eigenvalue weighted by atomic mass is 79.9. The first-order chi connectivity index (χ1) is 9.99. The molecule has 1 aromatic rings. The van der Waals surface area contributed by atoms with Gasteiger partial charge in [-0.15, -0.1) is 0 Å². The summed E-state index contributed by atoms with van der Waals surface area (Å²) in [6.45, 7) is 3.16. The molecule has 114 valence electrons. The predicted octanol–water partition coefficient (Wildman–Crippen LogP) is 3.34. The number of carboxylic acid groups (broad SMARTS) is 1. The maximum absolute atomic E-state index is 12.3. The number of anilines is 1. The molecular weight excluding hydrogens is 336 g/mol. The summed E-state index contributed by atoms with van der Waals surface area (Å²) in [5.74, 6) is -0.743. The van der Waals surface area contributed by atoms with Gasteiger partial charge in [0.15, 0.2) is 0 Å². The topological polar surface area (TPSA) is 69.6 Å². The average molecular weight is 355 g/mol. The van der Waals surface area contributed by atoms with Crippen LogP contribution in [0.3, 0.4) is 0 Å². The van der Waals surface area contributed by atoms with Crippen LogP contribution in [0.5, 0.6) is 0 Å². The second kappa shape index (κ2) is 6.93. The Balaban J connectivity index is 1.98. The van der Waals surface area contributed by atoms with E-state index in [0.29, 0.717) is 13.1 Å². The van der Waals surface area contributed by atoms with Gasteiger partial charge in [0.25, 0.3) is 0 Å². The number of amides is 2. The van der Waals surface area contributed by atoms with Gasteiger partial charge in [-0.1, -0.05) is 22.9 Å². The van der Waals surface area contributed by atoms with Crippen LogP contribution in [0.1, 0.15) is 25.3 Å². The number of hydrogen-bond donors (Lipinski definition) is 2. The molecule has 1 heterocycles. The fourth-order valence-electron chi connectivity index (χ4n) is 2.60. The number of nitrogens with zero attached hydrogens (tertiary/aromatic N) is 1. The Morgan fingerprint density at radius 3 is 2.90 bits per heavy atom. The number of carbonyl (C=O) groups excluding carboxylic acids is 1. The highest BCUT2D eigenvalue weighted by molar-refractivity contribution is 9.10. The van der Waals surface area contributed by atoms with Gasteiger partial charge in [-0.25, -0.2) is 4.79 Å². The largest absolute Gasteiger partial charge is 0.481 e. The lowest BCUT2D eigenvalue weighted by molar-refractivity contribution is -0.138. The molecule has 0 aromatic heterocycles. The molecule has 21 heavy (non-hydrogen) atoms. The quantitative estimate of drug-likeness (QED) is 0.870. The zero-order chi connectivity index (χ0) is 15.4. The normalized spacial score (nSPS) is 17.8. The molecule has 1 aliphatic heterocycles. The van der Waals surface area contributed by atoms with E-state index >= 15 is 0 Å². The second-order valence-corrected chi connectivity index (χ2v) is 6.20. The zero-order valence-corrected chi connectivity index (χ0v) is 13.5. The summed E-state index contributed by atoms with van der Waals surface area (Å²) in [5.41, 5.74) is 1.88. The highest BCUT2D eigenvalue weighted by Gasteiger charge is 2.27. The summed E-state index contributed by atoms with van der Waals surface area (Å²) in [6, 6.07) is 5.62. The molecule has 6 heteroatoms. The first kappa shape index (κ1) is 15.8. The number of urea groups is 1. The van der Waals surface area contributed by atoms with E-state index in [1.165, 1.54) is 0 Å². The number of aliphatic carboxylic acids is 1. The summed E-state index contributed by atoms with van der Waals surface area (Å²) in [6.07, 6.45) is 1.71. The van der Waals surface area contributed by atoms with Crippen molar-refractivity contribution in [3.63, 3.8) is 0 Å². The molecule has 5 nitrogen and oxygen atoms in total. The van der Waals surface area contributed by atoms with Gasteiger partial charge >= 0.3 is 12.0 Å². The van der Waals surface area contributed by atoms with Gasteiger partial charge in [0.05, 0.1) is 0 Å². The lowest BCUT2D eigenvalue weighted by atomic mass is 10.1. The minimum atomic E-state index is -0.802. The summed E-state index contributed by atoms with van der Waals surface area (Å²) in [7, 11) is 0. The summed E-state index contributed by atoms with van der Waals surface area (Å²) < 4.78 is 0.986. The van der Waals surface area contributed by atoms with Gasteiger partial charge in [0.1, 0.15) is 0 Å². The second-order valence-electron chi connectivity index (χ2n) is 5.28. The Labute approximate surface area is 132 Å². The van der Waals surface area contributed by atoms with Gasteiger partial charge in [-0.3, -0.25) is 4.79 Å². The molecule has 1 aromatic carbocycles. The molecule has 0 bridgehead atoms. The van der Waals surface area contributed by atoms with E-state index in [9.17, 15) is 9.59 Å². The minimum Gasteiger partial charge on any atom is -0.481 e. The van der Waals surface area contributed by atoms with Crippen molar-refractivity contribution in [2.24, 2.45) is 5.92 Å². The molecule has 1 aliphatic rings. The standard InChI is InChI=1S/C15H19BrN2O3/c1-2-11-8-12(16)3-4-13(11)17-15(21)18-6-5-10(9-18)7-14(19)20/h3-4,8,10H,2,5-7,9H2,1H3,(H,17,21)(H,19,20). The van der Waals surface area contributed by atoms with Crippen LogP contribution in [-0.2, 0) is 11.2 Å². The predicted molar refractivity (Wildman–Crippen MR) is 84.5 cm³/mol. The highest BCUT2D eigenvalue weighted by Crippen LogP contribution is 2.24. The SMILES string of the molecule is CCc1cc(Br)ccc1NC(=O)N1CCC(CC(=O)O)C1. The van der Waals surface area contributed by atoms with Crippen LogP contribution in [0.25, 0.3) is 0 Å². The molecule has 1 atom stereocenters. The molecule has 2 amide bonds. The number of nitrogens with one attached hydrogen (secondary N) is 1. The van der Waals surface area contributed by atoms with Crippen molar-refractivity contribution in [1.29, 1.82) is 0 Å². The van der Waals surface area contributed by atoms with E-state index in [1.807, 2.05) is 25.1 Å². The van der Waals surface area contributed by atoms with E-state index in [2.05, 4.69) is 21.2 Å². The van der Waals surface area contributed by atoms with E-state index in [0.717, 1.165) is 28.6 Å². The molecule has 0 radical (unpaired) electrons. The van der Waals surface area contributed by atoms with Gasteiger partial charge in [0, 0.05) is 29.7 Å². The molecule has 0 saturated carbocycles. The van der Waals surface area contributed by atoms with Crippen LogP contribution in [0, 0.1) is 5.92 Å². The maximum atomic E-state index is 12.3. The van der Waals surface area contributed by atoms with Crippen molar-refractivity contribution in [3.05, 3.63) is 28.2 Å². The first-order valence-corrected chi connectivity index (χ1v) is 7.85. The lowest BCUT2D eigenvalue weighted by Gasteiger charge is -2.18. The molecule has 0 spiro atoms. The summed E-state index contributed by atoms with van der Waals surface area (Å²) in [5, 5.41) is 11.7. The molecule has 1 unspecified atom stereocenters. The molecule has 2 N–H and O–H groups in total. The van der Waals surface area contributed by atoms with Crippen LogP contribution in [0.15, 0.2) is 22.7 Å². The summed E-state index contributed by atoms with van der Waals surface area (Å²) in [4.78, 5) is 24.7. The molecule has 2 rings (SSSR count). The Morgan fingerprint density at radius 2 is 2.24 bits per heavy atom. The summed E-state index contributed by atoms with van der Waals surface area (Å²) >= 11 is 3.42. The molecule has 1 fully saturated rings. The van der Waals surface area contributed by atoms with Crippen molar-refractivity contribution >= 4 is 33.6 Å². The van der Waals surface area contributed by atoms with Crippen LogP contribution in [0.4, 0.5) is 10.5 Å². The van der Waals surface area contributed by atoms with Crippen molar-refractivity contribution in [2.45, 2.75) is 26.2 Å². The Kier molecular flexibility index (Phi) is 5.22. The van der Waals surface area contributed by atoms with Gasteiger partial charge < -0.3 is 15.3 Å². The van der Waals surface area contributed by atoms with Crippen LogP contribution in [-0.4, -0.2) is 35.1 Å². The molecule has 1 saturated heterocycles. The first-order valence-electron chi connectivity index (χ1n) is 7.05. The minimum absolute atomic E-state index is 0.0591. The van der Waals surface area contributed by atoms with Crippen molar-refractivity contribution in [2.75, 3.05) is 18.4 Å². The number of likely N-dealkylation sites (tertiary alicyclic amines) is 1. The van der Waals surface area contributed by atoms with Crippen molar-refractivity contribution < 1.29 is 14.7 Å². The van der Waals surface area contributed by atoms with Crippen LogP contribution >= 0.6 is 15.9 Å². The molecule has 0 aliphatic carbocycles. The average Bonchev–Trinajstić information content (AvgIpc) is 2.88. The van der Waals surface area contributed by atoms with Gasteiger partial charge in [-0.05, 0) is 42.5 Å². The van der Waals surface area contributed by atoms with E-state index < -0.39 is 5.97 Å². The third kappa shape index (κ3) is 4.20. The Morgan fingerprint density at radius 1 is 1.48 bits per heavy atom. The van der Waals surface area contributed by atoms with E-state index in [4.69, 9.17) is 5.11 Å². The number of rotatable bonds is 4. The molecular formula is C15H19BrN2O3. The van der Waals surface area contributed by atoms with Crippen LogP contribution < -0.4 is 5.32 Å². The lowest BCUT2D eigenvalue weighted by Crippen LogP contribution is -2.33. The smallest absolute Gasteiger partial charge is 0.321 e. The van der Waals surface area contributed by atoms with Gasteiger partial charge in [-0.2, -0.15) is 0 Å². The fourth-order valence-corrected chi connectivity index (χ4v) is 3.01.